The first-order valence-electron chi connectivity index (χ1n) is 4.28. The van der Waals surface area contributed by atoms with E-state index < -0.39 is 4.92 Å². The fourth-order valence-corrected chi connectivity index (χ4v) is 0.987. The maximum atomic E-state index is 10.6. The maximum absolute atomic E-state index is 10.6. The molecule has 0 amide bonds. The Labute approximate surface area is 95.0 Å². The lowest BCUT2D eigenvalue weighted by molar-refractivity contribution is -0.385. The van der Waals surface area contributed by atoms with Crippen LogP contribution < -0.4 is 11.2 Å². The first kappa shape index (κ1) is 12.4. The van der Waals surface area contributed by atoms with Gasteiger partial charge in [-0.15, -0.1) is 5.10 Å². The highest BCUT2D eigenvalue weighted by Crippen LogP contribution is 2.21. The number of nitro benzene ring substituents is 1. The number of phenolic OH excluding ortho intramolecular Hbond substituents is 1. The van der Waals surface area contributed by atoms with E-state index in [1.807, 2.05) is 0 Å². The molecule has 0 aliphatic heterocycles. The van der Waals surface area contributed by atoms with Crippen LogP contribution in [0.5, 0.6) is 5.75 Å². The van der Waals surface area contributed by atoms with Crippen LogP contribution in [0.15, 0.2) is 28.4 Å². The second kappa shape index (κ2) is 5.42. The summed E-state index contributed by atoms with van der Waals surface area (Å²) in [7, 11) is 0. The van der Waals surface area contributed by atoms with Gasteiger partial charge in [0.05, 0.1) is 16.7 Å². The van der Waals surface area contributed by atoms with Gasteiger partial charge in [-0.3, -0.25) is 15.3 Å². The van der Waals surface area contributed by atoms with Crippen molar-refractivity contribution in [3.63, 3.8) is 0 Å². The van der Waals surface area contributed by atoms with Crippen LogP contribution in [0.4, 0.5) is 5.69 Å². The number of benzene rings is 1. The third-order valence-corrected chi connectivity index (χ3v) is 1.68. The number of nitrogens with one attached hydrogen (secondary N) is 1. The van der Waals surface area contributed by atoms with Crippen molar-refractivity contribution in [2.45, 2.75) is 0 Å². The van der Waals surface area contributed by atoms with Gasteiger partial charge in [0.15, 0.2) is 0 Å². The number of phenols is 1. The molecule has 1 rings (SSSR count). The van der Waals surface area contributed by atoms with Crippen molar-refractivity contribution in [1.82, 2.24) is 5.48 Å². The second-order valence-electron chi connectivity index (χ2n) is 2.84. The molecular weight excluding hydrogens is 230 g/mol. The zero-order valence-electron chi connectivity index (χ0n) is 8.44. The number of rotatable bonds is 3. The molecule has 0 aliphatic rings. The van der Waals surface area contributed by atoms with Crippen molar-refractivity contribution < 1.29 is 15.2 Å². The normalized spacial score (nSPS) is 11.7. The molecule has 0 heterocycles. The van der Waals surface area contributed by atoms with Gasteiger partial charge in [-0.25, -0.2) is 5.48 Å². The van der Waals surface area contributed by atoms with E-state index in [2.05, 4.69) is 10.2 Å². The number of nitrogens with two attached hydrogens (primary N) is 1. The maximum Gasteiger partial charge on any atom is 0.278 e. The summed E-state index contributed by atoms with van der Waals surface area (Å²) in [6.45, 7) is 0. The van der Waals surface area contributed by atoms with Crippen molar-refractivity contribution in [3.05, 3.63) is 33.9 Å². The zero-order valence-corrected chi connectivity index (χ0v) is 8.44. The van der Waals surface area contributed by atoms with Crippen LogP contribution in [0.2, 0.25) is 0 Å². The molecule has 0 saturated carbocycles. The first-order chi connectivity index (χ1) is 8.04. The molecule has 0 atom stereocenters. The standard InChI is InChI=1S/C8H9N5O4/c9-8(12-15)11-10-4-5-3-6(14)1-2-7(5)13(16)17/h1-4,14-15H,(H3,9,11,12)/b10-4+. The molecule has 1 aromatic carbocycles. The molecule has 0 fully saturated rings. The highest BCUT2D eigenvalue weighted by Gasteiger charge is 2.12. The van der Waals surface area contributed by atoms with Gasteiger partial charge in [0, 0.05) is 6.07 Å². The van der Waals surface area contributed by atoms with E-state index in [-0.39, 0.29) is 23.0 Å². The number of hydrogen-bond donors (Lipinski definition) is 4. The van der Waals surface area contributed by atoms with Gasteiger partial charge >= 0.3 is 0 Å². The zero-order chi connectivity index (χ0) is 12.8. The molecule has 0 aromatic heterocycles. The van der Waals surface area contributed by atoms with Gasteiger partial charge < -0.3 is 10.8 Å². The van der Waals surface area contributed by atoms with Gasteiger partial charge in [-0.1, -0.05) is 0 Å². The van der Waals surface area contributed by atoms with E-state index in [1.54, 1.807) is 0 Å². The number of nitro groups is 1. The number of hydrogen-bond acceptors (Lipinski definition) is 6. The molecular formula is C8H9N5O4. The number of hydroxylamine groups is 1. The van der Waals surface area contributed by atoms with Crippen molar-refractivity contribution in [1.29, 1.82) is 0 Å². The van der Waals surface area contributed by atoms with Crippen molar-refractivity contribution in [2.24, 2.45) is 15.9 Å². The van der Waals surface area contributed by atoms with Crippen LogP contribution >= 0.6 is 0 Å². The third-order valence-electron chi connectivity index (χ3n) is 1.68. The highest BCUT2D eigenvalue weighted by atomic mass is 16.6. The molecule has 0 spiro atoms. The Bertz CT molecular complexity index is 485. The molecule has 0 saturated heterocycles. The quantitative estimate of drug-likeness (QED) is 0.251. The number of guanidine groups is 1. The van der Waals surface area contributed by atoms with Gasteiger partial charge in [0.1, 0.15) is 5.75 Å². The molecule has 17 heavy (non-hydrogen) atoms. The molecule has 5 N–H and O–H groups in total. The Morgan fingerprint density at radius 1 is 1.59 bits per heavy atom. The summed E-state index contributed by atoms with van der Waals surface area (Å²) in [6.07, 6.45) is 1.03. The summed E-state index contributed by atoms with van der Waals surface area (Å²) in [6, 6.07) is 3.47. The minimum atomic E-state index is -0.627. The Morgan fingerprint density at radius 3 is 2.88 bits per heavy atom. The lowest BCUT2D eigenvalue weighted by atomic mass is 10.2. The van der Waals surface area contributed by atoms with E-state index in [0.717, 1.165) is 18.3 Å². The molecule has 0 aliphatic carbocycles. The summed E-state index contributed by atoms with van der Waals surface area (Å²) in [5.41, 5.74) is 6.41. The predicted octanol–water partition coefficient (Wildman–Crippen LogP) is -0.0722. The fourth-order valence-electron chi connectivity index (χ4n) is 0.987. The highest BCUT2D eigenvalue weighted by molar-refractivity contribution is 5.86. The van der Waals surface area contributed by atoms with Crippen LogP contribution in [-0.4, -0.2) is 27.4 Å². The van der Waals surface area contributed by atoms with Crippen molar-refractivity contribution >= 4 is 17.9 Å². The van der Waals surface area contributed by atoms with Crippen molar-refractivity contribution in [3.8, 4) is 5.75 Å². The smallest absolute Gasteiger partial charge is 0.278 e. The topological polar surface area (TPSA) is 146 Å². The lowest BCUT2D eigenvalue weighted by Crippen LogP contribution is -2.27. The van der Waals surface area contributed by atoms with Crippen LogP contribution in [0.1, 0.15) is 5.56 Å². The van der Waals surface area contributed by atoms with Gasteiger partial charge in [-0.05, 0) is 12.1 Å². The molecule has 0 radical (unpaired) electrons. The Morgan fingerprint density at radius 2 is 2.29 bits per heavy atom. The number of nitrogens with zero attached hydrogens (tertiary/aromatic N) is 3. The second-order valence-corrected chi connectivity index (χ2v) is 2.84. The SMILES string of the molecule is N/C(=N\N=C\c1cc(O)ccc1[N+](=O)[O-])NO. The van der Waals surface area contributed by atoms with Crippen LogP contribution in [0.3, 0.4) is 0 Å². The van der Waals surface area contributed by atoms with E-state index in [1.165, 1.54) is 11.5 Å². The van der Waals surface area contributed by atoms with Gasteiger partial charge in [0.2, 0.25) is 5.96 Å². The average Bonchev–Trinajstić information content (AvgIpc) is 2.28. The Kier molecular flexibility index (Phi) is 3.95. The van der Waals surface area contributed by atoms with Crippen LogP contribution in [-0.2, 0) is 0 Å². The number of aromatic hydroxyl groups is 1. The minimum Gasteiger partial charge on any atom is -0.508 e. The summed E-state index contributed by atoms with van der Waals surface area (Å²) >= 11 is 0. The molecule has 9 nitrogen and oxygen atoms in total. The van der Waals surface area contributed by atoms with E-state index >= 15 is 0 Å². The molecule has 1 aromatic rings. The Hall–Kier alpha value is -2.68. The summed E-state index contributed by atoms with van der Waals surface area (Å²) in [5, 5.41) is 34.8. The summed E-state index contributed by atoms with van der Waals surface area (Å²) in [4.78, 5) is 10.0. The summed E-state index contributed by atoms with van der Waals surface area (Å²) < 4.78 is 0. The molecule has 9 heteroatoms. The largest absolute Gasteiger partial charge is 0.508 e. The molecule has 0 unspecified atom stereocenters. The van der Waals surface area contributed by atoms with Crippen LogP contribution in [0.25, 0.3) is 0 Å². The minimum absolute atomic E-state index is 0.0597. The van der Waals surface area contributed by atoms with E-state index in [4.69, 9.17) is 10.9 Å². The monoisotopic (exact) mass is 239 g/mol. The average molecular weight is 239 g/mol. The van der Waals surface area contributed by atoms with E-state index in [0.29, 0.717) is 0 Å². The molecule has 90 valence electrons. The van der Waals surface area contributed by atoms with Crippen molar-refractivity contribution in [2.75, 3.05) is 0 Å². The summed E-state index contributed by atoms with van der Waals surface area (Å²) in [5.74, 6) is -0.515. The molecule has 0 bridgehead atoms. The van der Waals surface area contributed by atoms with Gasteiger partial charge in [0.25, 0.3) is 5.69 Å². The predicted molar refractivity (Wildman–Crippen MR) is 58.9 cm³/mol. The van der Waals surface area contributed by atoms with Crippen LogP contribution in [0, 0.1) is 10.1 Å². The first-order valence-corrected chi connectivity index (χ1v) is 4.28. The Balaban J connectivity index is 3.04. The fraction of sp³-hybridized carbons (Fsp3) is 0. The lowest BCUT2D eigenvalue weighted by Gasteiger charge is -1.97. The van der Waals surface area contributed by atoms with Gasteiger partial charge in [-0.2, -0.15) is 5.10 Å². The third kappa shape index (κ3) is 3.43. The van der Waals surface area contributed by atoms with E-state index in [9.17, 15) is 15.2 Å².